The summed E-state index contributed by atoms with van der Waals surface area (Å²) in [6.45, 7) is 1.99. The number of benzene rings is 2. The van der Waals surface area contributed by atoms with Gasteiger partial charge in [0.1, 0.15) is 5.75 Å². The third-order valence-corrected chi connectivity index (χ3v) is 5.04. The highest BCUT2D eigenvalue weighted by Gasteiger charge is 2.34. The van der Waals surface area contributed by atoms with E-state index in [9.17, 15) is 0 Å². The van der Waals surface area contributed by atoms with Crippen molar-refractivity contribution in [3.8, 4) is 5.75 Å². The molecule has 3 N–H and O–H groups in total. The van der Waals surface area contributed by atoms with E-state index >= 15 is 0 Å². The molecular weight excluding hydrogens is 477 g/mol. The first kappa shape index (κ1) is 21.8. The number of nitrogens with zero attached hydrogens (tertiary/aromatic N) is 1. The number of anilines is 1. The molecule has 1 saturated heterocycles. The summed E-state index contributed by atoms with van der Waals surface area (Å²) in [6, 6.07) is 15.6. The topological polar surface area (TPSA) is 68.9 Å². The summed E-state index contributed by atoms with van der Waals surface area (Å²) in [7, 11) is 1.63. The van der Waals surface area contributed by atoms with Crippen molar-refractivity contribution in [2.45, 2.75) is 18.3 Å². The van der Waals surface area contributed by atoms with Crippen molar-refractivity contribution in [1.82, 2.24) is 0 Å². The van der Waals surface area contributed by atoms with Crippen LogP contribution in [0.3, 0.4) is 0 Å². The Labute approximate surface area is 182 Å². The molecule has 0 unspecified atom stereocenters. The maximum absolute atomic E-state index is 6.21. The number of hydrogen-bond donors (Lipinski definition) is 2. The van der Waals surface area contributed by atoms with Crippen molar-refractivity contribution in [3.05, 3.63) is 59.1 Å². The van der Waals surface area contributed by atoms with Crippen molar-refractivity contribution in [1.29, 1.82) is 0 Å². The fraction of sp³-hybridized carbons (Fsp3) is 0.350. The number of halogens is 2. The van der Waals surface area contributed by atoms with Gasteiger partial charge in [0.05, 0.1) is 19.3 Å². The van der Waals surface area contributed by atoms with Crippen LogP contribution in [-0.4, -0.2) is 32.8 Å². The van der Waals surface area contributed by atoms with Crippen LogP contribution < -0.4 is 15.8 Å². The van der Waals surface area contributed by atoms with Crippen LogP contribution in [0.1, 0.15) is 18.4 Å². The maximum atomic E-state index is 6.21. The van der Waals surface area contributed by atoms with Crippen LogP contribution in [0.15, 0.2) is 53.5 Å². The molecule has 0 bridgehead atoms. The molecule has 0 aliphatic carbocycles. The van der Waals surface area contributed by atoms with Gasteiger partial charge in [0.25, 0.3) is 0 Å². The zero-order chi connectivity index (χ0) is 18.4. The summed E-state index contributed by atoms with van der Waals surface area (Å²) in [5.74, 6) is 1.09. The minimum atomic E-state index is -0.115. The van der Waals surface area contributed by atoms with Gasteiger partial charge >= 0.3 is 0 Å². The molecule has 0 saturated carbocycles. The van der Waals surface area contributed by atoms with E-state index in [1.807, 2.05) is 42.5 Å². The van der Waals surface area contributed by atoms with E-state index in [-0.39, 0.29) is 29.4 Å². The second-order valence-electron chi connectivity index (χ2n) is 6.43. The molecular formula is C20H25ClIN3O2. The van der Waals surface area contributed by atoms with Crippen molar-refractivity contribution < 1.29 is 9.47 Å². The van der Waals surface area contributed by atoms with Gasteiger partial charge in [-0.2, -0.15) is 0 Å². The van der Waals surface area contributed by atoms with Crippen LogP contribution in [0, 0.1) is 0 Å². The van der Waals surface area contributed by atoms with Crippen LogP contribution in [0.4, 0.5) is 5.69 Å². The molecule has 1 aliphatic heterocycles. The standard InChI is InChI=1S/C20H24ClN3O2.HI/c1-25-18-8-3-2-7-17(18)24-19(22)23-14-20(9-11-26-12-10-20)15-5-4-6-16(21)13-15;/h2-8,13H,9-12,14H2,1H3,(H3,22,23,24);1H. The normalized spacial score (nSPS) is 16.3. The number of para-hydroxylation sites is 2. The molecule has 1 heterocycles. The van der Waals surface area contributed by atoms with Crippen molar-refractivity contribution >= 4 is 47.2 Å². The SMILES string of the molecule is COc1ccccc1NC(N)=NCC1(c2cccc(Cl)c2)CCOCC1.I. The van der Waals surface area contributed by atoms with Gasteiger partial charge in [0.2, 0.25) is 0 Å². The molecule has 0 amide bonds. The number of hydrogen-bond acceptors (Lipinski definition) is 3. The number of nitrogens with one attached hydrogen (secondary N) is 1. The third-order valence-electron chi connectivity index (χ3n) is 4.81. The van der Waals surface area contributed by atoms with Crippen molar-refractivity contribution in [3.63, 3.8) is 0 Å². The van der Waals surface area contributed by atoms with E-state index < -0.39 is 0 Å². The number of methoxy groups -OCH3 is 1. The van der Waals surface area contributed by atoms with Crippen LogP contribution in [-0.2, 0) is 10.2 Å². The molecule has 146 valence electrons. The predicted octanol–water partition coefficient (Wildman–Crippen LogP) is 4.44. The van der Waals surface area contributed by atoms with Crippen LogP contribution in [0.2, 0.25) is 5.02 Å². The Balaban J connectivity index is 0.00000261. The van der Waals surface area contributed by atoms with Gasteiger partial charge < -0.3 is 20.5 Å². The highest BCUT2D eigenvalue weighted by atomic mass is 127. The smallest absolute Gasteiger partial charge is 0.193 e. The fourth-order valence-corrected chi connectivity index (χ4v) is 3.47. The molecule has 0 spiro atoms. The molecule has 27 heavy (non-hydrogen) atoms. The molecule has 7 heteroatoms. The lowest BCUT2D eigenvalue weighted by Crippen LogP contribution is -2.38. The lowest BCUT2D eigenvalue weighted by molar-refractivity contribution is 0.0531. The predicted molar refractivity (Wildman–Crippen MR) is 122 cm³/mol. The number of ether oxygens (including phenoxy) is 2. The molecule has 3 rings (SSSR count). The van der Waals surface area contributed by atoms with E-state index in [0.29, 0.717) is 25.7 Å². The van der Waals surface area contributed by atoms with Crippen LogP contribution in [0.25, 0.3) is 0 Å². The molecule has 0 atom stereocenters. The van der Waals surface area contributed by atoms with Crippen molar-refractivity contribution in [2.24, 2.45) is 10.7 Å². The van der Waals surface area contributed by atoms with Crippen LogP contribution >= 0.6 is 35.6 Å². The zero-order valence-electron chi connectivity index (χ0n) is 15.3. The Morgan fingerprint density at radius 3 is 2.67 bits per heavy atom. The molecule has 2 aromatic rings. The van der Waals surface area contributed by atoms with Gasteiger partial charge in [-0.15, -0.1) is 24.0 Å². The third kappa shape index (κ3) is 5.49. The molecule has 5 nitrogen and oxygen atoms in total. The number of rotatable bonds is 5. The first-order valence-corrected chi connectivity index (χ1v) is 9.04. The average molecular weight is 502 g/mol. The molecule has 0 radical (unpaired) electrons. The highest BCUT2D eigenvalue weighted by molar-refractivity contribution is 14.0. The zero-order valence-corrected chi connectivity index (χ0v) is 18.4. The quantitative estimate of drug-likeness (QED) is 0.361. The number of nitrogens with two attached hydrogens (primary N) is 1. The second-order valence-corrected chi connectivity index (χ2v) is 6.87. The maximum Gasteiger partial charge on any atom is 0.193 e. The summed E-state index contributed by atoms with van der Waals surface area (Å²) in [5.41, 5.74) is 8.00. The van der Waals surface area contributed by atoms with Gasteiger partial charge in [0.15, 0.2) is 5.96 Å². The summed E-state index contributed by atoms with van der Waals surface area (Å²) in [5, 5.41) is 3.86. The monoisotopic (exact) mass is 501 g/mol. The Bertz CT molecular complexity index is 779. The lowest BCUT2D eigenvalue weighted by Gasteiger charge is -2.36. The van der Waals surface area contributed by atoms with E-state index in [0.717, 1.165) is 29.3 Å². The Kier molecular flexibility index (Phi) is 8.19. The molecule has 1 aliphatic rings. The van der Waals surface area contributed by atoms with E-state index in [4.69, 9.17) is 26.8 Å². The average Bonchev–Trinajstić information content (AvgIpc) is 2.67. The molecule has 2 aromatic carbocycles. The van der Waals surface area contributed by atoms with Gasteiger partial charge in [0, 0.05) is 23.7 Å². The summed E-state index contributed by atoms with van der Waals surface area (Å²) in [6.07, 6.45) is 1.78. The minimum absolute atomic E-state index is 0. The summed E-state index contributed by atoms with van der Waals surface area (Å²) < 4.78 is 10.9. The first-order chi connectivity index (χ1) is 12.6. The van der Waals surface area contributed by atoms with Gasteiger partial charge in [-0.3, -0.25) is 4.99 Å². The molecule has 0 aromatic heterocycles. The summed E-state index contributed by atoms with van der Waals surface area (Å²) >= 11 is 6.21. The Morgan fingerprint density at radius 2 is 1.96 bits per heavy atom. The van der Waals surface area contributed by atoms with Gasteiger partial charge in [-0.1, -0.05) is 35.9 Å². The van der Waals surface area contributed by atoms with Gasteiger partial charge in [-0.05, 0) is 42.7 Å². The molecule has 1 fully saturated rings. The van der Waals surface area contributed by atoms with Gasteiger partial charge in [-0.25, -0.2) is 0 Å². The minimum Gasteiger partial charge on any atom is -0.495 e. The largest absolute Gasteiger partial charge is 0.495 e. The van der Waals surface area contributed by atoms with Crippen molar-refractivity contribution in [2.75, 3.05) is 32.2 Å². The Morgan fingerprint density at radius 1 is 1.22 bits per heavy atom. The highest BCUT2D eigenvalue weighted by Crippen LogP contribution is 2.36. The second kappa shape index (κ2) is 10.1. The number of aliphatic imine (C=N–C) groups is 1. The Hall–Kier alpha value is -1.51. The fourth-order valence-electron chi connectivity index (χ4n) is 3.28. The number of guanidine groups is 1. The van der Waals surface area contributed by atoms with E-state index in [1.54, 1.807) is 7.11 Å². The van der Waals surface area contributed by atoms with Crippen LogP contribution in [0.5, 0.6) is 5.75 Å². The van der Waals surface area contributed by atoms with E-state index in [1.165, 1.54) is 5.56 Å². The summed E-state index contributed by atoms with van der Waals surface area (Å²) in [4.78, 5) is 4.63. The van der Waals surface area contributed by atoms with E-state index in [2.05, 4.69) is 16.4 Å². The first-order valence-electron chi connectivity index (χ1n) is 8.67. The lowest BCUT2D eigenvalue weighted by atomic mass is 9.74.